The van der Waals surface area contributed by atoms with Crippen LogP contribution in [0.4, 0.5) is 22.0 Å². The maximum Gasteiger partial charge on any atom is 0.216 e. The van der Waals surface area contributed by atoms with Gasteiger partial charge in [-0.25, -0.2) is 27.1 Å². The highest BCUT2D eigenvalue weighted by molar-refractivity contribution is 7.71. The number of H-pyrrole nitrogens is 1. The summed E-state index contributed by atoms with van der Waals surface area (Å²) in [6.07, 6.45) is 0.460. The van der Waals surface area contributed by atoms with Crippen LogP contribution < -0.4 is 0 Å². The van der Waals surface area contributed by atoms with Crippen LogP contribution in [0.1, 0.15) is 5.56 Å². The predicted octanol–water partition coefficient (Wildman–Crippen LogP) is 4.84. The largest absolute Gasteiger partial charge is 0.250 e. The van der Waals surface area contributed by atoms with Crippen LogP contribution >= 0.6 is 23.8 Å². The molecule has 0 aliphatic carbocycles. The van der Waals surface area contributed by atoms with Gasteiger partial charge in [-0.2, -0.15) is 14.9 Å². The molecule has 3 rings (SSSR count). The van der Waals surface area contributed by atoms with E-state index in [2.05, 4.69) is 15.3 Å². The standard InChI is InChI=1S/C15H6ClF5N4S/c16-8-4-2-1-3-6(8)14-23-24-15(26)25(14)22-5-7-9(17)11(19)13(21)12(20)10(7)18/h1-5H,(H,24,26)/b22-5-. The number of nitrogens with one attached hydrogen (secondary N) is 1. The van der Waals surface area contributed by atoms with Gasteiger partial charge in [-0.15, -0.1) is 0 Å². The Morgan fingerprint density at radius 3 is 2.19 bits per heavy atom. The molecule has 0 aliphatic heterocycles. The molecule has 0 radical (unpaired) electrons. The fraction of sp³-hybridized carbons (Fsp3) is 0. The number of aromatic nitrogens is 3. The summed E-state index contributed by atoms with van der Waals surface area (Å²) in [5, 5.41) is 10.3. The number of benzene rings is 2. The molecule has 1 N–H and O–H groups in total. The monoisotopic (exact) mass is 404 g/mol. The summed E-state index contributed by atoms with van der Waals surface area (Å²) in [6.45, 7) is 0. The third kappa shape index (κ3) is 3.01. The zero-order valence-electron chi connectivity index (χ0n) is 12.4. The summed E-state index contributed by atoms with van der Waals surface area (Å²) in [6, 6.07) is 6.46. The van der Waals surface area contributed by atoms with Gasteiger partial charge >= 0.3 is 0 Å². The zero-order chi connectivity index (χ0) is 19.0. The third-order valence-corrected chi connectivity index (χ3v) is 3.91. The number of hydrogen-bond acceptors (Lipinski definition) is 3. The Labute approximate surface area is 152 Å². The Balaban J connectivity index is 2.14. The van der Waals surface area contributed by atoms with E-state index in [4.69, 9.17) is 23.8 Å². The van der Waals surface area contributed by atoms with Crippen molar-refractivity contribution in [1.29, 1.82) is 0 Å². The van der Waals surface area contributed by atoms with Crippen LogP contribution in [0.3, 0.4) is 0 Å². The lowest BCUT2D eigenvalue weighted by Crippen LogP contribution is -2.07. The van der Waals surface area contributed by atoms with Crippen LogP contribution in [-0.4, -0.2) is 21.1 Å². The molecule has 2 aromatic carbocycles. The number of rotatable bonds is 3. The quantitative estimate of drug-likeness (QED) is 0.223. The van der Waals surface area contributed by atoms with E-state index in [1.807, 2.05) is 0 Å². The highest BCUT2D eigenvalue weighted by Gasteiger charge is 2.24. The van der Waals surface area contributed by atoms with E-state index in [1.54, 1.807) is 24.3 Å². The first-order valence-electron chi connectivity index (χ1n) is 6.81. The molecule has 4 nitrogen and oxygen atoms in total. The minimum Gasteiger partial charge on any atom is -0.250 e. The average Bonchev–Trinajstić information content (AvgIpc) is 2.99. The summed E-state index contributed by atoms with van der Waals surface area (Å²) < 4.78 is 67.9. The zero-order valence-corrected chi connectivity index (χ0v) is 14.0. The van der Waals surface area contributed by atoms with Gasteiger partial charge in [-0.3, -0.25) is 0 Å². The lowest BCUT2D eigenvalue weighted by Gasteiger charge is -2.05. The number of nitrogens with zero attached hydrogens (tertiary/aromatic N) is 3. The van der Waals surface area contributed by atoms with Crippen LogP contribution in [0.5, 0.6) is 0 Å². The molecule has 0 spiro atoms. The number of aromatic amines is 1. The molecule has 0 bridgehead atoms. The molecule has 11 heteroatoms. The fourth-order valence-electron chi connectivity index (χ4n) is 2.07. The summed E-state index contributed by atoms with van der Waals surface area (Å²) in [4.78, 5) is 0. The van der Waals surface area contributed by atoms with Crippen molar-refractivity contribution in [3.05, 3.63) is 68.7 Å². The van der Waals surface area contributed by atoms with Gasteiger partial charge in [0.1, 0.15) is 0 Å². The van der Waals surface area contributed by atoms with Gasteiger partial charge in [0.05, 0.1) is 16.8 Å². The van der Waals surface area contributed by atoms with E-state index in [9.17, 15) is 22.0 Å². The van der Waals surface area contributed by atoms with Crippen LogP contribution in [-0.2, 0) is 0 Å². The molecule has 26 heavy (non-hydrogen) atoms. The first kappa shape index (κ1) is 18.2. The van der Waals surface area contributed by atoms with Crippen LogP contribution in [0.2, 0.25) is 5.02 Å². The molecule has 0 amide bonds. The van der Waals surface area contributed by atoms with Gasteiger partial charge in [0, 0.05) is 5.56 Å². The van der Waals surface area contributed by atoms with Gasteiger partial charge in [-0.1, -0.05) is 23.7 Å². The minimum atomic E-state index is -2.26. The Kier molecular flexibility index (Phi) is 4.88. The Morgan fingerprint density at radius 1 is 1.00 bits per heavy atom. The maximum atomic E-state index is 13.7. The van der Waals surface area contributed by atoms with E-state index >= 15 is 0 Å². The first-order chi connectivity index (χ1) is 12.3. The molecule has 0 unspecified atom stereocenters. The van der Waals surface area contributed by atoms with Crippen LogP contribution in [0.25, 0.3) is 11.4 Å². The van der Waals surface area contributed by atoms with Crippen LogP contribution in [0.15, 0.2) is 29.4 Å². The summed E-state index contributed by atoms with van der Waals surface area (Å²) in [5.74, 6) is -10.4. The second-order valence-electron chi connectivity index (χ2n) is 4.87. The van der Waals surface area contributed by atoms with Crippen molar-refractivity contribution in [3.63, 3.8) is 0 Å². The highest BCUT2D eigenvalue weighted by atomic mass is 35.5. The molecule has 0 aliphatic rings. The minimum absolute atomic E-state index is 0.0833. The van der Waals surface area contributed by atoms with Crippen molar-refractivity contribution in [2.45, 2.75) is 0 Å². The van der Waals surface area contributed by atoms with E-state index in [-0.39, 0.29) is 15.6 Å². The van der Waals surface area contributed by atoms with Gasteiger partial charge in [-0.05, 0) is 24.4 Å². The van der Waals surface area contributed by atoms with Gasteiger partial charge < -0.3 is 0 Å². The van der Waals surface area contributed by atoms with Crippen molar-refractivity contribution in [2.24, 2.45) is 5.10 Å². The molecule has 1 aromatic heterocycles. The summed E-state index contributed by atoms with van der Waals surface area (Å²) in [7, 11) is 0. The highest BCUT2D eigenvalue weighted by Crippen LogP contribution is 2.26. The second kappa shape index (κ2) is 6.96. The Hall–Kier alpha value is -2.59. The van der Waals surface area contributed by atoms with Crippen molar-refractivity contribution < 1.29 is 22.0 Å². The topological polar surface area (TPSA) is 46.0 Å². The molecule has 0 atom stereocenters. The average molecular weight is 405 g/mol. The summed E-state index contributed by atoms with van der Waals surface area (Å²) >= 11 is 11.0. The molecule has 0 fully saturated rings. The van der Waals surface area contributed by atoms with Gasteiger partial charge in [0.2, 0.25) is 10.6 Å². The lowest BCUT2D eigenvalue weighted by molar-refractivity contribution is 0.377. The Bertz CT molecular complexity index is 1060. The molecule has 0 saturated heterocycles. The predicted molar refractivity (Wildman–Crippen MR) is 87.1 cm³/mol. The van der Waals surface area contributed by atoms with Crippen molar-refractivity contribution in [3.8, 4) is 11.4 Å². The fourth-order valence-corrected chi connectivity index (χ4v) is 2.47. The molecule has 3 aromatic rings. The molecule has 134 valence electrons. The SMILES string of the molecule is Fc1c(F)c(F)c(/C=N\n2c(-c3ccccc3Cl)n[nH]c2=S)c(F)c1F. The van der Waals surface area contributed by atoms with Crippen molar-refractivity contribution in [1.82, 2.24) is 14.9 Å². The van der Waals surface area contributed by atoms with Crippen molar-refractivity contribution in [2.75, 3.05) is 0 Å². The van der Waals surface area contributed by atoms with E-state index in [0.29, 0.717) is 11.8 Å². The number of hydrogen-bond donors (Lipinski definition) is 1. The Morgan fingerprint density at radius 2 is 1.58 bits per heavy atom. The first-order valence-corrected chi connectivity index (χ1v) is 7.59. The summed E-state index contributed by atoms with van der Waals surface area (Å²) in [5.41, 5.74) is -0.828. The van der Waals surface area contributed by atoms with E-state index in [0.717, 1.165) is 4.68 Å². The van der Waals surface area contributed by atoms with Gasteiger partial charge in [0.15, 0.2) is 29.1 Å². The molecular formula is C15H6ClF5N4S. The normalized spacial score (nSPS) is 11.5. The lowest BCUT2D eigenvalue weighted by atomic mass is 10.2. The number of halogens is 6. The molecule has 1 heterocycles. The van der Waals surface area contributed by atoms with Crippen LogP contribution in [0, 0.1) is 33.9 Å². The van der Waals surface area contributed by atoms with E-state index in [1.165, 1.54) is 0 Å². The third-order valence-electron chi connectivity index (χ3n) is 3.31. The second-order valence-corrected chi connectivity index (χ2v) is 5.67. The van der Waals surface area contributed by atoms with Gasteiger partial charge in [0.25, 0.3) is 0 Å². The maximum absolute atomic E-state index is 13.7. The smallest absolute Gasteiger partial charge is 0.216 e. The van der Waals surface area contributed by atoms with Crippen molar-refractivity contribution >= 4 is 30.0 Å². The van der Waals surface area contributed by atoms with E-state index < -0.39 is 34.6 Å². The molecule has 0 saturated carbocycles. The molecular weight excluding hydrogens is 399 g/mol.